The van der Waals surface area contributed by atoms with Crippen molar-refractivity contribution in [3.05, 3.63) is 29.6 Å². The average Bonchev–Trinajstić information content (AvgIpc) is 2.22. The molecule has 0 radical (unpaired) electrons. The van der Waals surface area contributed by atoms with Crippen molar-refractivity contribution in [2.45, 2.75) is 18.2 Å². The number of anilines is 1. The first kappa shape index (κ1) is 11.3. The van der Waals surface area contributed by atoms with Gasteiger partial charge in [0.1, 0.15) is 11.7 Å². The number of nitrogens with zero attached hydrogens (tertiary/aromatic N) is 1. The smallest absolute Gasteiger partial charge is 0.128 e. The lowest BCUT2D eigenvalue weighted by molar-refractivity contribution is 0.614. The van der Waals surface area contributed by atoms with Crippen LogP contribution in [-0.2, 0) is 0 Å². The molecule has 1 heterocycles. The van der Waals surface area contributed by atoms with Crippen molar-refractivity contribution in [1.29, 1.82) is 0 Å². The molecule has 16 heavy (non-hydrogen) atoms. The molecule has 0 amide bonds. The largest absolute Gasteiger partial charge is 0.399 e. The fourth-order valence-corrected chi connectivity index (χ4v) is 2.83. The lowest BCUT2D eigenvalue weighted by atomic mass is 10.1. The van der Waals surface area contributed by atoms with Gasteiger partial charge in [0.05, 0.1) is 11.3 Å². The Morgan fingerprint density at radius 3 is 2.88 bits per heavy atom. The number of nitrogens with two attached hydrogens (primary N) is 2. The Kier molecular flexibility index (Phi) is 3.05. The lowest BCUT2D eigenvalue weighted by Crippen LogP contribution is -2.28. The lowest BCUT2D eigenvalue weighted by Gasteiger charge is -2.24. The molecule has 0 spiro atoms. The fourth-order valence-electron chi connectivity index (χ4n) is 1.69. The van der Waals surface area contributed by atoms with Gasteiger partial charge in [0.2, 0.25) is 0 Å². The summed E-state index contributed by atoms with van der Waals surface area (Å²) in [6.45, 7) is 1.99. The van der Waals surface area contributed by atoms with Crippen molar-refractivity contribution in [1.82, 2.24) is 0 Å². The highest BCUT2D eigenvalue weighted by Crippen LogP contribution is 2.35. The van der Waals surface area contributed by atoms with E-state index < -0.39 is 0 Å². The SMILES string of the molecule is CC1CSC(c2cc(N)ccc2F)C(N)=N1. The maximum atomic E-state index is 13.6. The summed E-state index contributed by atoms with van der Waals surface area (Å²) in [7, 11) is 0. The molecule has 5 heteroatoms. The van der Waals surface area contributed by atoms with E-state index in [0.717, 1.165) is 5.75 Å². The summed E-state index contributed by atoms with van der Waals surface area (Å²) in [5.41, 5.74) is 12.6. The third kappa shape index (κ3) is 2.14. The highest BCUT2D eigenvalue weighted by atomic mass is 32.2. The molecule has 86 valence electrons. The van der Waals surface area contributed by atoms with Crippen molar-refractivity contribution in [3.63, 3.8) is 0 Å². The summed E-state index contributed by atoms with van der Waals surface area (Å²) in [5.74, 6) is 1.05. The second-order valence-corrected chi connectivity index (χ2v) is 5.04. The molecule has 0 aliphatic carbocycles. The van der Waals surface area contributed by atoms with Gasteiger partial charge in [0.15, 0.2) is 0 Å². The summed E-state index contributed by atoms with van der Waals surface area (Å²) in [5, 5.41) is -0.209. The molecule has 1 aromatic rings. The second-order valence-electron chi connectivity index (χ2n) is 3.90. The van der Waals surface area contributed by atoms with Crippen LogP contribution in [0.4, 0.5) is 10.1 Å². The first-order chi connectivity index (χ1) is 7.58. The molecule has 0 saturated heterocycles. The molecule has 1 aromatic carbocycles. The minimum Gasteiger partial charge on any atom is -0.399 e. The third-order valence-corrected chi connectivity index (χ3v) is 3.95. The van der Waals surface area contributed by atoms with Crippen LogP contribution in [0.25, 0.3) is 0 Å². The van der Waals surface area contributed by atoms with Gasteiger partial charge in [-0.1, -0.05) is 0 Å². The molecule has 3 nitrogen and oxygen atoms in total. The molecule has 0 bridgehead atoms. The van der Waals surface area contributed by atoms with Crippen molar-refractivity contribution < 1.29 is 4.39 Å². The maximum Gasteiger partial charge on any atom is 0.128 e. The topological polar surface area (TPSA) is 64.4 Å². The van der Waals surface area contributed by atoms with Crippen LogP contribution in [0.2, 0.25) is 0 Å². The molecular weight excluding hydrogens is 225 g/mol. The molecule has 1 aliphatic heterocycles. The van der Waals surface area contributed by atoms with E-state index >= 15 is 0 Å². The normalized spacial score (nSPS) is 25.2. The summed E-state index contributed by atoms with van der Waals surface area (Å²) >= 11 is 1.60. The number of hydrogen-bond donors (Lipinski definition) is 2. The fraction of sp³-hybridized carbons (Fsp3) is 0.364. The van der Waals surface area contributed by atoms with Crippen LogP contribution in [0.3, 0.4) is 0 Å². The number of thioether (sulfide) groups is 1. The van der Waals surface area contributed by atoms with Gasteiger partial charge in [-0.25, -0.2) is 4.39 Å². The minimum absolute atomic E-state index is 0.199. The first-order valence-electron chi connectivity index (χ1n) is 5.07. The highest BCUT2D eigenvalue weighted by Gasteiger charge is 2.25. The Balaban J connectivity index is 2.37. The van der Waals surface area contributed by atoms with Gasteiger partial charge in [-0.05, 0) is 25.1 Å². The predicted octanol–water partition coefficient (Wildman–Crippen LogP) is 1.94. The Morgan fingerprint density at radius 1 is 1.44 bits per heavy atom. The van der Waals surface area contributed by atoms with E-state index in [1.165, 1.54) is 6.07 Å². The molecule has 2 unspecified atom stereocenters. The van der Waals surface area contributed by atoms with Crippen LogP contribution < -0.4 is 11.5 Å². The number of halogens is 1. The first-order valence-corrected chi connectivity index (χ1v) is 6.12. The highest BCUT2D eigenvalue weighted by molar-refractivity contribution is 8.00. The predicted molar refractivity (Wildman–Crippen MR) is 67.1 cm³/mol. The Morgan fingerprint density at radius 2 is 2.19 bits per heavy atom. The van der Waals surface area contributed by atoms with Crippen molar-refractivity contribution in [3.8, 4) is 0 Å². The van der Waals surface area contributed by atoms with Gasteiger partial charge in [0.25, 0.3) is 0 Å². The zero-order chi connectivity index (χ0) is 11.7. The van der Waals surface area contributed by atoms with E-state index in [-0.39, 0.29) is 17.1 Å². The molecule has 0 aromatic heterocycles. The number of benzene rings is 1. The molecule has 0 fully saturated rings. The Labute approximate surface area is 98.1 Å². The number of amidine groups is 1. The summed E-state index contributed by atoms with van der Waals surface area (Å²) in [6, 6.07) is 4.75. The van der Waals surface area contributed by atoms with Crippen molar-refractivity contribution in [2.75, 3.05) is 11.5 Å². The Hall–Kier alpha value is -1.23. The standard InChI is InChI=1S/C11H14FN3S/c1-6-5-16-10(11(14)15-6)8-4-7(13)2-3-9(8)12/h2-4,6,10H,5,13H2,1H3,(H2,14,15). The van der Waals surface area contributed by atoms with Crippen molar-refractivity contribution in [2.24, 2.45) is 10.7 Å². The number of aliphatic imine (C=N–C) groups is 1. The monoisotopic (exact) mass is 239 g/mol. The molecule has 4 N–H and O–H groups in total. The minimum atomic E-state index is -0.278. The molecule has 0 saturated carbocycles. The maximum absolute atomic E-state index is 13.6. The van der Waals surface area contributed by atoms with Gasteiger partial charge in [0, 0.05) is 17.0 Å². The van der Waals surface area contributed by atoms with Crippen molar-refractivity contribution >= 4 is 23.3 Å². The molecule has 2 rings (SSSR count). The van der Waals surface area contributed by atoms with Gasteiger partial charge in [-0.3, -0.25) is 4.99 Å². The van der Waals surface area contributed by atoms with E-state index in [0.29, 0.717) is 17.1 Å². The quantitative estimate of drug-likeness (QED) is 0.736. The van der Waals surface area contributed by atoms with Gasteiger partial charge < -0.3 is 11.5 Å². The molecular formula is C11H14FN3S. The summed E-state index contributed by atoms with van der Waals surface area (Å²) in [4.78, 5) is 4.28. The van der Waals surface area contributed by atoms with Crippen LogP contribution in [0.15, 0.2) is 23.2 Å². The van der Waals surface area contributed by atoms with E-state index in [9.17, 15) is 4.39 Å². The summed E-state index contributed by atoms with van der Waals surface area (Å²) in [6.07, 6.45) is 0. The average molecular weight is 239 g/mol. The van der Waals surface area contributed by atoms with Gasteiger partial charge >= 0.3 is 0 Å². The zero-order valence-electron chi connectivity index (χ0n) is 8.98. The second kappa shape index (κ2) is 4.33. The molecule has 1 aliphatic rings. The number of nitrogen functional groups attached to an aromatic ring is 1. The number of rotatable bonds is 1. The van der Waals surface area contributed by atoms with Crippen LogP contribution in [0.5, 0.6) is 0 Å². The summed E-state index contributed by atoms with van der Waals surface area (Å²) < 4.78 is 13.6. The van der Waals surface area contributed by atoms with E-state index in [2.05, 4.69) is 4.99 Å². The Bertz CT molecular complexity index is 433. The number of hydrogen-bond acceptors (Lipinski definition) is 4. The van der Waals surface area contributed by atoms with E-state index in [4.69, 9.17) is 11.5 Å². The zero-order valence-corrected chi connectivity index (χ0v) is 9.80. The van der Waals surface area contributed by atoms with Crippen LogP contribution in [0, 0.1) is 5.82 Å². The molecule has 2 atom stereocenters. The van der Waals surface area contributed by atoms with E-state index in [1.54, 1.807) is 23.9 Å². The van der Waals surface area contributed by atoms with Gasteiger partial charge in [-0.15, -0.1) is 11.8 Å². The third-order valence-electron chi connectivity index (χ3n) is 2.44. The van der Waals surface area contributed by atoms with Crippen LogP contribution in [-0.4, -0.2) is 17.6 Å². The van der Waals surface area contributed by atoms with E-state index in [1.807, 2.05) is 6.92 Å². The van der Waals surface area contributed by atoms with Crippen LogP contribution >= 0.6 is 11.8 Å². The van der Waals surface area contributed by atoms with Crippen LogP contribution in [0.1, 0.15) is 17.7 Å². The van der Waals surface area contributed by atoms with Gasteiger partial charge in [-0.2, -0.15) is 0 Å².